The van der Waals surface area contributed by atoms with E-state index in [-0.39, 0.29) is 10.6 Å². The fraction of sp³-hybridized carbons (Fsp3) is 0.500. The van der Waals surface area contributed by atoms with Crippen molar-refractivity contribution in [3.63, 3.8) is 0 Å². The second kappa shape index (κ2) is 5.14. The first-order valence-electron chi connectivity index (χ1n) is 5.72. The number of halogens is 1. The van der Waals surface area contributed by atoms with Gasteiger partial charge in [0.1, 0.15) is 0 Å². The molecule has 1 N–H and O–H groups in total. The van der Waals surface area contributed by atoms with Gasteiger partial charge in [0.15, 0.2) is 0 Å². The predicted molar refractivity (Wildman–Crippen MR) is 70.1 cm³/mol. The van der Waals surface area contributed by atoms with Crippen molar-refractivity contribution in [2.24, 2.45) is 5.92 Å². The molecular formula is C12H15BrN2O2. The first-order valence-corrected chi connectivity index (χ1v) is 6.51. The van der Waals surface area contributed by atoms with Gasteiger partial charge in [-0.15, -0.1) is 0 Å². The zero-order chi connectivity index (χ0) is 12.4. The van der Waals surface area contributed by atoms with Crippen LogP contribution in [0.15, 0.2) is 22.7 Å². The van der Waals surface area contributed by atoms with Crippen LogP contribution in [0.2, 0.25) is 0 Å². The normalized spacial score (nSPS) is 16.8. The number of hydrogen-bond donors (Lipinski definition) is 1. The summed E-state index contributed by atoms with van der Waals surface area (Å²) in [6.07, 6.45) is 3.19. The van der Waals surface area contributed by atoms with Crippen LogP contribution >= 0.6 is 15.9 Å². The molecule has 0 saturated heterocycles. The quantitative estimate of drug-likeness (QED) is 0.672. The Morgan fingerprint density at radius 3 is 2.82 bits per heavy atom. The monoisotopic (exact) mass is 298 g/mol. The lowest BCUT2D eigenvalue weighted by molar-refractivity contribution is -0.385. The molecule has 1 aliphatic rings. The van der Waals surface area contributed by atoms with Gasteiger partial charge in [-0.2, -0.15) is 0 Å². The van der Waals surface area contributed by atoms with Crippen LogP contribution in [0.1, 0.15) is 18.4 Å². The molecule has 0 aliphatic heterocycles. The fourth-order valence-corrected chi connectivity index (χ4v) is 2.47. The Balaban J connectivity index is 2.21. The number of nitrogens with zero attached hydrogens (tertiary/aromatic N) is 1. The van der Waals surface area contributed by atoms with E-state index in [4.69, 9.17) is 0 Å². The number of nitro groups is 1. The molecule has 5 heteroatoms. The third-order valence-electron chi connectivity index (χ3n) is 3.25. The van der Waals surface area contributed by atoms with Crippen molar-refractivity contribution in [3.05, 3.63) is 38.3 Å². The molecular weight excluding hydrogens is 284 g/mol. The molecule has 1 aromatic carbocycles. The molecule has 1 saturated carbocycles. The second-order valence-corrected chi connectivity index (χ2v) is 5.38. The van der Waals surface area contributed by atoms with Crippen LogP contribution in [0.4, 0.5) is 5.69 Å². The largest absolute Gasteiger partial charge is 0.316 e. The lowest BCUT2D eigenvalue weighted by Gasteiger charge is -2.15. The molecule has 1 unspecified atom stereocenters. The Labute approximate surface area is 109 Å². The van der Waals surface area contributed by atoms with Crippen molar-refractivity contribution in [2.75, 3.05) is 7.05 Å². The summed E-state index contributed by atoms with van der Waals surface area (Å²) in [5, 5.41) is 14.3. The van der Waals surface area contributed by atoms with Gasteiger partial charge in [0.25, 0.3) is 5.69 Å². The van der Waals surface area contributed by atoms with E-state index in [1.807, 2.05) is 19.2 Å². The molecule has 92 valence electrons. The Morgan fingerprint density at radius 1 is 1.59 bits per heavy atom. The van der Waals surface area contributed by atoms with Gasteiger partial charge >= 0.3 is 0 Å². The van der Waals surface area contributed by atoms with Crippen molar-refractivity contribution in [2.45, 2.75) is 25.3 Å². The Morgan fingerprint density at radius 2 is 2.29 bits per heavy atom. The summed E-state index contributed by atoms with van der Waals surface area (Å²) in [7, 11) is 1.92. The molecule has 1 atom stereocenters. The number of nitro benzene ring substituents is 1. The maximum atomic E-state index is 11.0. The van der Waals surface area contributed by atoms with Crippen LogP contribution in [0.25, 0.3) is 0 Å². The fourth-order valence-electron chi connectivity index (χ4n) is 2.12. The lowest BCUT2D eigenvalue weighted by Crippen LogP contribution is -2.29. The molecule has 1 aliphatic carbocycles. The van der Waals surface area contributed by atoms with Gasteiger partial charge in [0, 0.05) is 22.1 Å². The van der Waals surface area contributed by atoms with E-state index < -0.39 is 0 Å². The van der Waals surface area contributed by atoms with E-state index in [2.05, 4.69) is 21.2 Å². The van der Waals surface area contributed by atoms with Gasteiger partial charge in [-0.25, -0.2) is 0 Å². The van der Waals surface area contributed by atoms with Crippen LogP contribution in [0, 0.1) is 16.0 Å². The molecule has 1 fully saturated rings. The van der Waals surface area contributed by atoms with Crippen molar-refractivity contribution < 1.29 is 4.92 Å². The smallest absolute Gasteiger partial charge is 0.273 e. The van der Waals surface area contributed by atoms with Crippen LogP contribution in [0.3, 0.4) is 0 Å². The van der Waals surface area contributed by atoms with Gasteiger partial charge in [-0.3, -0.25) is 10.1 Å². The molecule has 0 amide bonds. The lowest BCUT2D eigenvalue weighted by atomic mass is 10.0. The third-order valence-corrected chi connectivity index (χ3v) is 3.74. The van der Waals surface area contributed by atoms with E-state index in [0.717, 1.165) is 16.5 Å². The van der Waals surface area contributed by atoms with E-state index in [0.29, 0.717) is 12.0 Å². The number of nitrogens with one attached hydrogen (secondary N) is 1. The number of hydrogen-bond acceptors (Lipinski definition) is 3. The van der Waals surface area contributed by atoms with Gasteiger partial charge in [-0.1, -0.05) is 22.0 Å². The SMILES string of the molecule is CNC(Cc1ccc(Br)cc1[N+](=O)[O-])C1CC1. The van der Waals surface area contributed by atoms with E-state index >= 15 is 0 Å². The summed E-state index contributed by atoms with van der Waals surface area (Å²) in [5.41, 5.74) is 1.02. The Kier molecular flexibility index (Phi) is 3.79. The van der Waals surface area contributed by atoms with Crippen LogP contribution in [-0.2, 0) is 6.42 Å². The topological polar surface area (TPSA) is 55.2 Å². The van der Waals surface area contributed by atoms with E-state index in [1.54, 1.807) is 6.07 Å². The maximum absolute atomic E-state index is 11.0. The minimum Gasteiger partial charge on any atom is -0.316 e. The highest BCUT2D eigenvalue weighted by Crippen LogP contribution is 2.35. The Hall–Kier alpha value is -0.940. The zero-order valence-electron chi connectivity index (χ0n) is 9.65. The number of likely N-dealkylation sites (N-methyl/N-ethyl adjacent to an activating group) is 1. The molecule has 4 nitrogen and oxygen atoms in total. The van der Waals surface area contributed by atoms with Gasteiger partial charge in [0.05, 0.1) is 4.92 Å². The molecule has 1 aromatic rings. The summed E-state index contributed by atoms with van der Waals surface area (Å²) in [6.45, 7) is 0. The Bertz CT molecular complexity index is 433. The summed E-state index contributed by atoms with van der Waals surface area (Å²) in [4.78, 5) is 10.7. The molecule has 0 bridgehead atoms. The molecule has 17 heavy (non-hydrogen) atoms. The summed E-state index contributed by atoms with van der Waals surface area (Å²) >= 11 is 3.27. The minimum atomic E-state index is -0.306. The summed E-state index contributed by atoms with van der Waals surface area (Å²) in [5.74, 6) is 0.684. The third kappa shape index (κ3) is 3.04. The first-order chi connectivity index (χ1) is 8.11. The molecule has 0 radical (unpaired) electrons. The highest BCUT2D eigenvalue weighted by atomic mass is 79.9. The molecule has 0 heterocycles. The minimum absolute atomic E-state index is 0.209. The average molecular weight is 299 g/mol. The zero-order valence-corrected chi connectivity index (χ0v) is 11.2. The van der Waals surface area contributed by atoms with Crippen LogP contribution < -0.4 is 5.32 Å². The number of rotatable bonds is 5. The molecule has 0 aromatic heterocycles. The highest BCUT2D eigenvalue weighted by Gasteiger charge is 2.31. The van der Waals surface area contributed by atoms with E-state index in [1.165, 1.54) is 12.8 Å². The van der Waals surface area contributed by atoms with Gasteiger partial charge in [-0.05, 0) is 38.3 Å². The van der Waals surface area contributed by atoms with Gasteiger partial charge < -0.3 is 5.32 Å². The summed E-state index contributed by atoms with van der Waals surface area (Å²) in [6, 6.07) is 5.64. The van der Waals surface area contributed by atoms with Crippen molar-refractivity contribution in [3.8, 4) is 0 Å². The highest BCUT2D eigenvalue weighted by molar-refractivity contribution is 9.10. The predicted octanol–water partition coefficient (Wildman–Crippen LogP) is 2.90. The average Bonchev–Trinajstić information content (AvgIpc) is 3.11. The van der Waals surface area contributed by atoms with E-state index in [9.17, 15) is 10.1 Å². The molecule has 0 spiro atoms. The van der Waals surface area contributed by atoms with Crippen LogP contribution in [0.5, 0.6) is 0 Å². The van der Waals surface area contributed by atoms with Crippen molar-refractivity contribution in [1.82, 2.24) is 5.32 Å². The van der Waals surface area contributed by atoms with Crippen molar-refractivity contribution in [1.29, 1.82) is 0 Å². The first kappa shape index (κ1) is 12.5. The van der Waals surface area contributed by atoms with Crippen molar-refractivity contribution >= 4 is 21.6 Å². The summed E-state index contributed by atoms with van der Waals surface area (Å²) < 4.78 is 0.750. The van der Waals surface area contributed by atoms with Crippen LogP contribution in [-0.4, -0.2) is 18.0 Å². The molecule has 2 rings (SSSR count). The van der Waals surface area contributed by atoms with Gasteiger partial charge in [0.2, 0.25) is 0 Å². The maximum Gasteiger partial charge on any atom is 0.273 e. The second-order valence-electron chi connectivity index (χ2n) is 4.47. The number of benzene rings is 1. The standard InChI is InChI=1S/C12H15BrN2O2/c1-14-11(8-2-3-8)6-9-4-5-10(13)7-12(9)15(16)17/h4-5,7-8,11,14H,2-3,6H2,1H3.